The normalized spacial score (nSPS) is 10.0. The first-order valence-corrected chi connectivity index (χ1v) is 7.35. The average molecular weight is 382 g/mol. The standard InChI is InChI=1S/C16H13BrFNO4/c1-22-16(21)11-4-2-3-5-13(11)19-15(20)9-23-14-7-6-10(17)8-12(14)18/h2-8H,9H2,1H3,(H,19,20). The van der Waals surface area contributed by atoms with Gasteiger partial charge in [-0.25, -0.2) is 9.18 Å². The lowest BCUT2D eigenvalue weighted by Crippen LogP contribution is -2.22. The molecule has 0 heterocycles. The van der Waals surface area contributed by atoms with E-state index in [1.807, 2.05) is 0 Å². The highest BCUT2D eigenvalue weighted by Crippen LogP contribution is 2.21. The summed E-state index contributed by atoms with van der Waals surface area (Å²) in [5.41, 5.74) is 0.516. The van der Waals surface area contributed by atoms with Gasteiger partial charge in [-0.15, -0.1) is 0 Å². The van der Waals surface area contributed by atoms with Crippen molar-refractivity contribution in [3.05, 3.63) is 58.3 Å². The first-order valence-electron chi connectivity index (χ1n) is 6.56. The van der Waals surface area contributed by atoms with Gasteiger partial charge in [-0.3, -0.25) is 4.79 Å². The van der Waals surface area contributed by atoms with Crippen molar-refractivity contribution in [2.75, 3.05) is 19.0 Å². The lowest BCUT2D eigenvalue weighted by Gasteiger charge is -2.11. The third kappa shape index (κ3) is 4.53. The van der Waals surface area contributed by atoms with Crippen molar-refractivity contribution in [2.24, 2.45) is 0 Å². The SMILES string of the molecule is COC(=O)c1ccccc1NC(=O)COc1ccc(Br)cc1F. The fourth-order valence-electron chi connectivity index (χ4n) is 1.80. The van der Waals surface area contributed by atoms with Crippen LogP contribution < -0.4 is 10.1 Å². The van der Waals surface area contributed by atoms with Crippen molar-refractivity contribution in [3.8, 4) is 5.75 Å². The molecule has 0 spiro atoms. The Labute approximate surface area is 140 Å². The van der Waals surface area contributed by atoms with Crippen LogP contribution in [0.4, 0.5) is 10.1 Å². The minimum Gasteiger partial charge on any atom is -0.481 e. The van der Waals surface area contributed by atoms with E-state index in [0.717, 1.165) is 0 Å². The maximum Gasteiger partial charge on any atom is 0.339 e. The van der Waals surface area contributed by atoms with Gasteiger partial charge >= 0.3 is 5.97 Å². The van der Waals surface area contributed by atoms with E-state index in [-0.39, 0.29) is 11.3 Å². The fourth-order valence-corrected chi connectivity index (χ4v) is 2.14. The van der Waals surface area contributed by atoms with Crippen LogP contribution in [0.2, 0.25) is 0 Å². The lowest BCUT2D eigenvalue weighted by atomic mass is 10.2. The van der Waals surface area contributed by atoms with Crippen molar-refractivity contribution in [1.82, 2.24) is 0 Å². The number of halogens is 2. The van der Waals surface area contributed by atoms with Crippen LogP contribution in [0.5, 0.6) is 5.75 Å². The molecule has 0 aliphatic heterocycles. The highest BCUT2D eigenvalue weighted by Gasteiger charge is 2.14. The molecule has 2 aromatic rings. The minimum atomic E-state index is -0.581. The zero-order valence-corrected chi connectivity index (χ0v) is 13.7. The highest BCUT2D eigenvalue weighted by atomic mass is 79.9. The van der Waals surface area contributed by atoms with Crippen LogP contribution >= 0.6 is 15.9 Å². The van der Waals surface area contributed by atoms with Crippen LogP contribution in [-0.2, 0) is 9.53 Å². The topological polar surface area (TPSA) is 64.6 Å². The summed E-state index contributed by atoms with van der Waals surface area (Å²) in [6.45, 7) is -0.395. The van der Waals surface area contributed by atoms with E-state index >= 15 is 0 Å². The number of esters is 1. The number of hydrogen-bond donors (Lipinski definition) is 1. The van der Waals surface area contributed by atoms with Crippen LogP contribution in [0.1, 0.15) is 10.4 Å². The summed E-state index contributed by atoms with van der Waals surface area (Å²) >= 11 is 3.13. The molecular weight excluding hydrogens is 369 g/mol. The molecule has 120 valence electrons. The van der Waals surface area contributed by atoms with E-state index in [0.29, 0.717) is 10.2 Å². The van der Waals surface area contributed by atoms with E-state index in [1.54, 1.807) is 24.3 Å². The van der Waals surface area contributed by atoms with Crippen LogP contribution in [0, 0.1) is 5.82 Å². The van der Waals surface area contributed by atoms with Crippen LogP contribution in [0.3, 0.4) is 0 Å². The Morgan fingerprint density at radius 1 is 1.22 bits per heavy atom. The molecule has 0 saturated carbocycles. The minimum absolute atomic E-state index is 0.0374. The van der Waals surface area contributed by atoms with Crippen molar-refractivity contribution in [2.45, 2.75) is 0 Å². The Morgan fingerprint density at radius 2 is 1.96 bits per heavy atom. The summed E-state index contributed by atoms with van der Waals surface area (Å²) in [5.74, 6) is -1.71. The van der Waals surface area contributed by atoms with Gasteiger partial charge in [0.05, 0.1) is 18.4 Å². The molecule has 1 N–H and O–H groups in total. The molecule has 0 atom stereocenters. The summed E-state index contributed by atoms with van der Waals surface area (Å²) < 4.78 is 23.9. The van der Waals surface area contributed by atoms with Gasteiger partial charge in [0.15, 0.2) is 18.2 Å². The van der Waals surface area contributed by atoms with Crippen molar-refractivity contribution in [3.63, 3.8) is 0 Å². The Bertz CT molecular complexity index is 736. The number of rotatable bonds is 5. The van der Waals surface area contributed by atoms with Crippen LogP contribution in [-0.4, -0.2) is 25.6 Å². The van der Waals surface area contributed by atoms with E-state index in [2.05, 4.69) is 26.0 Å². The van der Waals surface area contributed by atoms with Gasteiger partial charge in [0.25, 0.3) is 5.91 Å². The first-order chi connectivity index (χ1) is 11.0. The number of anilines is 1. The van der Waals surface area contributed by atoms with E-state index < -0.39 is 24.3 Å². The molecule has 0 aliphatic carbocycles. The number of methoxy groups -OCH3 is 1. The van der Waals surface area contributed by atoms with E-state index in [9.17, 15) is 14.0 Å². The van der Waals surface area contributed by atoms with Gasteiger partial charge < -0.3 is 14.8 Å². The molecule has 2 aromatic carbocycles. The second-order valence-electron chi connectivity index (χ2n) is 4.45. The third-order valence-electron chi connectivity index (χ3n) is 2.86. The Hall–Kier alpha value is -2.41. The number of ether oxygens (including phenoxy) is 2. The average Bonchev–Trinajstić information content (AvgIpc) is 2.54. The van der Waals surface area contributed by atoms with Gasteiger partial charge in [-0.2, -0.15) is 0 Å². The molecule has 1 amide bonds. The van der Waals surface area contributed by atoms with Gasteiger partial charge in [0, 0.05) is 4.47 Å². The molecule has 5 nitrogen and oxygen atoms in total. The molecule has 0 unspecified atom stereocenters. The molecule has 0 bridgehead atoms. The third-order valence-corrected chi connectivity index (χ3v) is 3.35. The van der Waals surface area contributed by atoms with Gasteiger partial charge in [0.2, 0.25) is 0 Å². The predicted molar refractivity (Wildman–Crippen MR) is 86.0 cm³/mol. The largest absolute Gasteiger partial charge is 0.481 e. The quantitative estimate of drug-likeness (QED) is 0.806. The maximum absolute atomic E-state index is 13.6. The molecule has 7 heteroatoms. The summed E-state index contributed by atoms with van der Waals surface area (Å²) in [6, 6.07) is 10.6. The van der Waals surface area contributed by atoms with Crippen molar-refractivity contribution in [1.29, 1.82) is 0 Å². The van der Waals surface area contributed by atoms with Crippen LogP contribution in [0.25, 0.3) is 0 Å². The van der Waals surface area contributed by atoms with Gasteiger partial charge in [-0.1, -0.05) is 28.1 Å². The smallest absolute Gasteiger partial charge is 0.339 e. The number of para-hydroxylation sites is 1. The molecule has 23 heavy (non-hydrogen) atoms. The monoisotopic (exact) mass is 381 g/mol. The molecule has 2 rings (SSSR count). The summed E-state index contributed by atoms with van der Waals surface area (Å²) in [6.07, 6.45) is 0. The molecule has 0 saturated heterocycles. The number of amides is 1. The Balaban J connectivity index is 2.01. The first kappa shape index (κ1) is 17.0. The predicted octanol–water partition coefficient (Wildman–Crippen LogP) is 3.39. The molecule has 0 fully saturated rings. The molecule has 0 radical (unpaired) electrons. The van der Waals surface area contributed by atoms with Crippen LogP contribution in [0.15, 0.2) is 46.9 Å². The summed E-state index contributed by atoms with van der Waals surface area (Å²) in [4.78, 5) is 23.5. The number of carbonyl (C=O) groups is 2. The Morgan fingerprint density at radius 3 is 2.65 bits per heavy atom. The molecule has 0 aliphatic rings. The zero-order chi connectivity index (χ0) is 16.8. The number of carbonyl (C=O) groups excluding carboxylic acids is 2. The number of benzene rings is 2. The lowest BCUT2D eigenvalue weighted by molar-refractivity contribution is -0.118. The van der Waals surface area contributed by atoms with Gasteiger partial charge in [0.1, 0.15) is 0 Å². The highest BCUT2D eigenvalue weighted by molar-refractivity contribution is 9.10. The summed E-state index contributed by atoms with van der Waals surface area (Å²) in [7, 11) is 1.25. The fraction of sp³-hybridized carbons (Fsp3) is 0.125. The van der Waals surface area contributed by atoms with Crippen molar-refractivity contribution < 1.29 is 23.5 Å². The van der Waals surface area contributed by atoms with Crippen molar-refractivity contribution >= 4 is 33.5 Å². The summed E-state index contributed by atoms with van der Waals surface area (Å²) in [5, 5.41) is 2.53. The van der Waals surface area contributed by atoms with E-state index in [4.69, 9.17) is 4.74 Å². The molecular formula is C16H13BrFNO4. The maximum atomic E-state index is 13.6. The second-order valence-corrected chi connectivity index (χ2v) is 5.36. The second kappa shape index (κ2) is 7.73. The number of nitrogens with one attached hydrogen (secondary N) is 1. The van der Waals surface area contributed by atoms with E-state index in [1.165, 1.54) is 25.3 Å². The Kier molecular flexibility index (Phi) is 5.70. The van der Waals surface area contributed by atoms with Gasteiger partial charge in [-0.05, 0) is 30.3 Å². The molecule has 0 aromatic heterocycles. The zero-order valence-electron chi connectivity index (χ0n) is 12.1. The number of hydrogen-bond acceptors (Lipinski definition) is 4.